The van der Waals surface area contributed by atoms with Gasteiger partial charge in [0.05, 0.1) is 52.4 Å². The van der Waals surface area contributed by atoms with E-state index in [1.807, 2.05) is 0 Å². The van der Waals surface area contributed by atoms with Crippen LogP contribution in [0.15, 0.2) is 0 Å². The summed E-state index contributed by atoms with van der Waals surface area (Å²) in [6.45, 7) is 10.2. The maximum atomic E-state index is 12.4. The van der Waals surface area contributed by atoms with Crippen LogP contribution in [0.1, 0.15) is 67.2 Å². The highest BCUT2D eigenvalue weighted by Crippen LogP contribution is 2.44. The lowest BCUT2D eigenvalue weighted by Gasteiger charge is -2.22. The molecule has 0 bridgehead atoms. The monoisotopic (exact) mass is 663 g/mol. The lowest BCUT2D eigenvalue weighted by atomic mass is 9.95. The topological polar surface area (TPSA) is 217 Å². The van der Waals surface area contributed by atoms with Crippen molar-refractivity contribution in [3.63, 3.8) is 0 Å². The van der Waals surface area contributed by atoms with Crippen molar-refractivity contribution in [2.45, 2.75) is 79.4 Å². The summed E-state index contributed by atoms with van der Waals surface area (Å²) in [6.07, 6.45) is 2.09. The Morgan fingerprint density at radius 1 is 0.744 bits per heavy atom. The van der Waals surface area contributed by atoms with Crippen LogP contribution in [0, 0.1) is 5.41 Å². The van der Waals surface area contributed by atoms with Crippen molar-refractivity contribution in [1.29, 1.82) is 0 Å². The van der Waals surface area contributed by atoms with Crippen molar-refractivity contribution in [2.75, 3.05) is 59.3 Å². The molecule has 0 aromatic rings. The van der Waals surface area contributed by atoms with E-state index in [1.54, 1.807) is 34.6 Å². The second-order valence-electron chi connectivity index (χ2n) is 10.7. The number of phosphoric acid groups is 2. The van der Waals surface area contributed by atoms with Gasteiger partial charge in [-0.1, -0.05) is 33.6 Å². The first kappa shape index (κ1) is 41.5. The van der Waals surface area contributed by atoms with Crippen molar-refractivity contribution >= 4 is 33.4 Å². The predicted molar refractivity (Wildman–Crippen MR) is 157 cm³/mol. The summed E-state index contributed by atoms with van der Waals surface area (Å²) in [4.78, 5) is 55.1. The molecule has 43 heavy (non-hydrogen) atoms. The molecule has 0 heterocycles. The zero-order chi connectivity index (χ0) is 32.9. The number of carbonyl (C=O) groups is 3. The molecular weight excluding hydrogens is 612 g/mol. The molecule has 0 aliphatic heterocycles. The fourth-order valence-electron chi connectivity index (χ4n) is 3.09. The van der Waals surface area contributed by atoms with E-state index in [4.69, 9.17) is 27.6 Å². The van der Waals surface area contributed by atoms with E-state index >= 15 is 0 Å². The van der Waals surface area contributed by atoms with Crippen LogP contribution in [0.4, 0.5) is 0 Å². The van der Waals surface area contributed by atoms with Gasteiger partial charge in [-0.2, -0.15) is 0 Å². The van der Waals surface area contributed by atoms with Gasteiger partial charge < -0.3 is 35.2 Å². The molecule has 0 radical (unpaired) electrons. The van der Waals surface area contributed by atoms with Crippen LogP contribution in [0.2, 0.25) is 0 Å². The Morgan fingerprint density at radius 3 is 1.79 bits per heavy atom. The van der Waals surface area contributed by atoms with Gasteiger partial charge in [-0.25, -0.2) is 9.13 Å². The van der Waals surface area contributed by atoms with Crippen molar-refractivity contribution < 1.29 is 60.9 Å². The van der Waals surface area contributed by atoms with Crippen LogP contribution in [-0.4, -0.2) is 99.0 Å². The van der Waals surface area contributed by atoms with Gasteiger partial charge in [0.25, 0.3) is 0 Å². The number of ether oxygens (including phenoxy) is 2. The maximum absolute atomic E-state index is 12.4. The highest BCUT2D eigenvalue weighted by Gasteiger charge is 2.25. The van der Waals surface area contributed by atoms with E-state index in [0.29, 0.717) is 25.8 Å². The highest BCUT2D eigenvalue weighted by molar-refractivity contribution is 7.47. The van der Waals surface area contributed by atoms with Crippen LogP contribution < -0.4 is 16.0 Å². The van der Waals surface area contributed by atoms with Crippen LogP contribution >= 0.6 is 15.6 Å². The minimum atomic E-state index is -4.22. The molecule has 0 saturated carbocycles. The number of phosphoric ester groups is 2. The summed E-state index contributed by atoms with van der Waals surface area (Å²) < 4.78 is 53.1. The first-order chi connectivity index (χ1) is 19.9. The second-order valence-corrected chi connectivity index (χ2v) is 13.6. The predicted octanol–water partition coefficient (Wildman–Crippen LogP) is 2.04. The Bertz CT molecular complexity index is 915. The molecule has 0 aromatic heterocycles. The Labute approximate surface area is 254 Å². The number of amides is 3. The molecule has 2 unspecified atom stereocenters. The third-order valence-electron chi connectivity index (χ3n) is 5.15. The van der Waals surface area contributed by atoms with E-state index in [1.165, 1.54) is 6.92 Å². The average Bonchev–Trinajstić information content (AvgIpc) is 2.87. The van der Waals surface area contributed by atoms with Crippen molar-refractivity contribution in [1.82, 2.24) is 16.0 Å². The first-order valence-corrected chi connectivity index (χ1v) is 17.2. The van der Waals surface area contributed by atoms with Gasteiger partial charge in [0.15, 0.2) is 0 Å². The molecule has 0 aromatic carbocycles. The molecular formula is C25H51N3O13P2. The minimum Gasteiger partial charge on any atom is -0.377 e. The number of carbonyl (C=O) groups excluding carboxylic acids is 3. The fraction of sp³-hybridized carbons (Fsp3) is 0.880. The van der Waals surface area contributed by atoms with Gasteiger partial charge in [0, 0.05) is 25.4 Å². The summed E-state index contributed by atoms with van der Waals surface area (Å²) in [5, 5.41) is 7.94. The van der Waals surface area contributed by atoms with E-state index < -0.39 is 39.1 Å². The lowest BCUT2D eigenvalue weighted by Crippen LogP contribution is -2.53. The lowest BCUT2D eigenvalue weighted by molar-refractivity contribution is -0.130. The molecule has 0 aliphatic rings. The number of hydrogen-bond donors (Lipinski definition) is 5. The Morgan fingerprint density at radius 2 is 1.26 bits per heavy atom. The van der Waals surface area contributed by atoms with E-state index in [-0.39, 0.29) is 64.6 Å². The van der Waals surface area contributed by atoms with Crippen LogP contribution in [0.25, 0.3) is 0 Å². The summed E-state index contributed by atoms with van der Waals surface area (Å²) in [5.74, 6) is -1.02. The fourth-order valence-corrected chi connectivity index (χ4v) is 4.73. The number of hydrogen-bond acceptors (Lipinski definition) is 11. The third-order valence-corrected chi connectivity index (χ3v) is 7.36. The molecule has 0 spiro atoms. The van der Waals surface area contributed by atoms with Gasteiger partial charge in [-0.15, -0.1) is 0 Å². The van der Waals surface area contributed by atoms with Gasteiger partial charge in [-0.05, 0) is 26.7 Å². The summed E-state index contributed by atoms with van der Waals surface area (Å²) in [5.41, 5.74) is -0.624. The third kappa shape index (κ3) is 24.5. The number of rotatable bonds is 25. The largest absolute Gasteiger partial charge is 0.472 e. The van der Waals surface area contributed by atoms with Crippen LogP contribution in [0.5, 0.6) is 0 Å². The second kappa shape index (κ2) is 22.1. The molecule has 0 aliphatic carbocycles. The van der Waals surface area contributed by atoms with E-state index in [0.717, 1.165) is 6.42 Å². The Balaban J connectivity index is 3.88. The summed E-state index contributed by atoms with van der Waals surface area (Å²) in [6, 6.07) is -0.889. The summed E-state index contributed by atoms with van der Waals surface area (Å²) in [7, 11) is -8.32. The van der Waals surface area contributed by atoms with Gasteiger partial charge in [0.2, 0.25) is 17.7 Å². The van der Waals surface area contributed by atoms with E-state index in [9.17, 15) is 33.3 Å². The first-order valence-electron chi connectivity index (χ1n) is 14.2. The van der Waals surface area contributed by atoms with Crippen molar-refractivity contribution in [2.24, 2.45) is 5.41 Å². The van der Waals surface area contributed by atoms with Crippen molar-refractivity contribution in [3.8, 4) is 0 Å². The molecule has 3 atom stereocenters. The van der Waals surface area contributed by atoms with Gasteiger partial charge >= 0.3 is 15.6 Å². The number of unbranched alkanes of at least 4 members (excludes halogenated alkanes) is 3. The standard InChI is InChI=1S/C25H51N3O13P2/c1-20(2)41-43(34,35)40-18-16-37-14-13-36-15-17-39-42(32,33)38-12-10-8-7-9-11-26-23(30)22(28-21(3)29)19-27-24(31)25(4,5)6/h20,22H,7-19H2,1-6H3,(H,26,30)(H,27,31)(H,28,29)(H,32,33)(H,34,35)/t22-/m0/s1. The van der Waals surface area contributed by atoms with E-state index in [2.05, 4.69) is 16.0 Å². The molecule has 0 saturated heterocycles. The molecule has 5 N–H and O–H groups in total. The molecule has 0 fully saturated rings. The zero-order valence-corrected chi connectivity index (χ0v) is 27.9. The summed E-state index contributed by atoms with van der Waals surface area (Å²) >= 11 is 0. The SMILES string of the molecule is CC(=O)N[C@@H](CNC(=O)C(C)(C)C)C(=O)NCCCCCCOP(=O)(O)OCCOCCOCCOP(=O)(O)OC(C)C. The minimum absolute atomic E-state index is 0.0119. The molecule has 18 heteroatoms. The highest BCUT2D eigenvalue weighted by atomic mass is 31.2. The Hall–Kier alpha value is -1.45. The molecule has 3 amide bonds. The number of nitrogens with one attached hydrogen (secondary N) is 3. The van der Waals surface area contributed by atoms with Crippen LogP contribution in [-0.2, 0) is 51.1 Å². The smallest absolute Gasteiger partial charge is 0.377 e. The normalized spacial score (nSPS) is 15.4. The Kier molecular flexibility index (Phi) is 21.4. The van der Waals surface area contributed by atoms with Gasteiger partial charge in [0.1, 0.15) is 6.04 Å². The molecule has 0 rings (SSSR count). The molecule has 254 valence electrons. The van der Waals surface area contributed by atoms with Crippen LogP contribution in [0.3, 0.4) is 0 Å². The average molecular weight is 664 g/mol. The maximum Gasteiger partial charge on any atom is 0.472 e. The molecule has 16 nitrogen and oxygen atoms in total. The van der Waals surface area contributed by atoms with Crippen molar-refractivity contribution in [3.05, 3.63) is 0 Å². The quantitative estimate of drug-likeness (QED) is 0.0699. The van der Waals surface area contributed by atoms with Gasteiger partial charge in [-0.3, -0.25) is 32.5 Å². The zero-order valence-electron chi connectivity index (χ0n) is 26.1.